The van der Waals surface area contributed by atoms with Crippen LogP contribution < -0.4 is 10.6 Å². The second-order valence-corrected chi connectivity index (χ2v) is 8.04. The van der Waals surface area contributed by atoms with Crippen molar-refractivity contribution in [2.75, 3.05) is 30.8 Å². The lowest BCUT2D eigenvalue weighted by Crippen LogP contribution is -2.30. The van der Waals surface area contributed by atoms with Gasteiger partial charge < -0.3 is 20.3 Å². The molecule has 0 saturated carbocycles. The second-order valence-electron chi connectivity index (χ2n) is 6.61. The zero-order valence-corrected chi connectivity index (χ0v) is 19.3. The lowest BCUT2D eigenvalue weighted by molar-refractivity contribution is 0.0601. The molecule has 0 fully saturated rings. The predicted octanol–water partition coefficient (Wildman–Crippen LogP) is 4.75. The van der Waals surface area contributed by atoms with Gasteiger partial charge in [-0.05, 0) is 75.7 Å². The minimum atomic E-state index is -0.506. The van der Waals surface area contributed by atoms with E-state index in [1.165, 1.54) is 24.0 Å². The number of thiophene rings is 1. The van der Waals surface area contributed by atoms with Crippen molar-refractivity contribution in [1.82, 2.24) is 4.90 Å². The zero-order chi connectivity index (χ0) is 21.7. The number of thiocarbonyl (C=S) groups is 1. The van der Waals surface area contributed by atoms with Crippen LogP contribution in [0.5, 0.6) is 0 Å². The van der Waals surface area contributed by atoms with Gasteiger partial charge in [-0.2, -0.15) is 0 Å². The first kappa shape index (κ1) is 22.8. The van der Waals surface area contributed by atoms with E-state index in [-0.39, 0.29) is 5.91 Å². The summed E-state index contributed by atoms with van der Waals surface area (Å²) in [6.07, 6.45) is 0. The number of ether oxygens (including phenoxy) is 1. The van der Waals surface area contributed by atoms with Crippen molar-refractivity contribution in [3.8, 4) is 0 Å². The van der Waals surface area contributed by atoms with Gasteiger partial charge in [0, 0.05) is 18.8 Å². The molecule has 0 spiro atoms. The van der Waals surface area contributed by atoms with Crippen LogP contribution in [0.1, 0.15) is 50.6 Å². The molecule has 0 atom stereocenters. The number of hydrogen-bond donors (Lipinski definition) is 2. The fourth-order valence-corrected chi connectivity index (χ4v) is 4.34. The van der Waals surface area contributed by atoms with Gasteiger partial charge in [-0.1, -0.05) is 6.07 Å². The number of hydrogen-bond acceptors (Lipinski definition) is 5. The highest BCUT2D eigenvalue weighted by molar-refractivity contribution is 7.80. The number of esters is 1. The molecule has 0 bridgehead atoms. The van der Waals surface area contributed by atoms with Gasteiger partial charge in [0.15, 0.2) is 5.11 Å². The number of carbonyl (C=O) groups excluding carboxylic acids is 2. The maximum absolute atomic E-state index is 12.9. The molecule has 1 heterocycles. The molecule has 0 unspecified atom stereocenters. The lowest BCUT2D eigenvalue weighted by atomic mass is 10.1. The third kappa shape index (κ3) is 5.13. The highest BCUT2D eigenvalue weighted by Gasteiger charge is 2.27. The summed E-state index contributed by atoms with van der Waals surface area (Å²) < 4.78 is 4.93. The van der Waals surface area contributed by atoms with Gasteiger partial charge in [-0.15, -0.1) is 11.3 Å². The molecular weight excluding hydrogens is 406 g/mol. The molecule has 0 aliphatic rings. The summed E-state index contributed by atoms with van der Waals surface area (Å²) in [7, 11) is 1.32. The van der Waals surface area contributed by atoms with E-state index in [1.807, 2.05) is 45.9 Å². The first-order chi connectivity index (χ1) is 13.7. The largest absolute Gasteiger partial charge is 0.465 e. The molecule has 1 aromatic carbocycles. The van der Waals surface area contributed by atoms with Crippen LogP contribution in [0.3, 0.4) is 0 Å². The molecule has 156 valence electrons. The van der Waals surface area contributed by atoms with Gasteiger partial charge in [0.2, 0.25) is 0 Å². The molecule has 2 aromatic rings. The number of anilines is 2. The summed E-state index contributed by atoms with van der Waals surface area (Å²) in [4.78, 5) is 27.5. The van der Waals surface area contributed by atoms with Gasteiger partial charge in [-0.3, -0.25) is 4.79 Å². The second kappa shape index (κ2) is 9.84. The molecular formula is C21H27N3O3S2. The van der Waals surface area contributed by atoms with E-state index >= 15 is 0 Å². The number of carbonyl (C=O) groups is 2. The third-order valence-corrected chi connectivity index (χ3v) is 6.17. The zero-order valence-electron chi connectivity index (χ0n) is 17.6. The van der Waals surface area contributed by atoms with Gasteiger partial charge in [0.05, 0.1) is 17.6 Å². The molecule has 6 nitrogen and oxygen atoms in total. The van der Waals surface area contributed by atoms with Crippen molar-refractivity contribution in [2.45, 2.75) is 34.6 Å². The van der Waals surface area contributed by atoms with Gasteiger partial charge >= 0.3 is 5.97 Å². The first-order valence-corrected chi connectivity index (χ1v) is 10.6. The minimum Gasteiger partial charge on any atom is -0.465 e. The summed E-state index contributed by atoms with van der Waals surface area (Å²) in [5.41, 5.74) is 4.10. The van der Waals surface area contributed by atoms with Gasteiger partial charge in [-0.25, -0.2) is 4.79 Å². The van der Waals surface area contributed by atoms with Crippen LogP contribution in [-0.4, -0.2) is 42.1 Å². The smallest absolute Gasteiger partial charge is 0.341 e. The number of rotatable bonds is 6. The van der Waals surface area contributed by atoms with Gasteiger partial charge in [0.1, 0.15) is 5.00 Å². The highest BCUT2D eigenvalue weighted by Crippen LogP contribution is 2.34. The Morgan fingerprint density at radius 2 is 1.76 bits per heavy atom. The molecule has 2 N–H and O–H groups in total. The number of nitrogens with one attached hydrogen (secondary N) is 2. The van der Waals surface area contributed by atoms with Crippen LogP contribution in [0.2, 0.25) is 0 Å². The Balaban J connectivity index is 2.33. The minimum absolute atomic E-state index is 0.108. The fraction of sp³-hybridized carbons (Fsp3) is 0.381. The topological polar surface area (TPSA) is 70.7 Å². The number of amides is 1. The third-order valence-electron chi connectivity index (χ3n) is 4.77. The van der Waals surface area contributed by atoms with E-state index in [0.717, 1.165) is 11.3 Å². The Bertz CT molecular complexity index is 933. The Labute approximate surface area is 181 Å². The predicted molar refractivity (Wildman–Crippen MR) is 123 cm³/mol. The Hall–Kier alpha value is -2.45. The van der Waals surface area contributed by atoms with Crippen LogP contribution in [0.4, 0.5) is 10.7 Å². The van der Waals surface area contributed by atoms with Crippen molar-refractivity contribution in [2.24, 2.45) is 0 Å². The maximum Gasteiger partial charge on any atom is 0.341 e. The monoisotopic (exact) mass is 433 g/mol. The van der Waals surface area contributed by atoms with Gasteiger partial charge in [0.25, 0.3) is 5.91 Å². The van der Waals surface area contributed by atoms with Crippen molar-refractivity contribution < 1.29 is 14.3 Å². The molecule has 2 rings (SSSR count). The summed E-state index contributed by atoms with van der Waals surface area (Å²) in [5.74, 6) is -0.613. The number of benzene rings is 1. The summed E-state index contributed by atoms with van der Waals surface area (Å²) in [6.45, 7) is 10.9. The Morgan fingerprint density at radius 3 is 2.31 bits per heavy atom. The van der Waals surface area contributed by atoms with Crippen molar-refractivity contribution in [3.63, 3.8) is 0 Å². The van der Waals surface area contributed by atoms with Crippen molar-refractivity contribution in [3.05, 3.63) is 45.3 Å². The average molecular weight is 434 g/mol. The molecule has 0 radical (unpaired) electrons. The van der Waals surface area contributed by atoms with Crippen molar-refractivity contribution >= 4 is 51.2 Å². The molecule has 0 aliphatic carbocycles. The molecule has 29 heavy (non-hydrogen) atoms. The van der Waals surface area contributed by atoms with E-state index < -0.39 is 5.97 Å². The van der Waals surface area contributed by atoms with E-state index in [0.29, 0.717) is 39.2 Å². The maximum atomic E-state index is 12.9. The number of methoxy groups -OCH3 is 1. The van der Waals surface area contributed by atoms with Crippen LogP contribution in [0.25, 0.3) is 0 Å². The van der Waals surface area contributed by atoms with Crippen LogP contribution in [0.15, 0.2) is 18.2 Å². The molecule has 1 amide bonds. The highest BCUT2D eigenvalue weighted by atomic mass is 32.1. The van der Waals surface area contributed by atoms with E-state index in [9.17, 15) is 9.59 Å². The quantitative estimate of drug-likeness (QED) is 0.506. The molecule has 0 saturated heterocycles. The number of aryl methyl sites for hydroxylation is 2. The fourth-order valence-electron chi connectivity index (χ4n) is 2.89. The summed E-state index contributed by atoms with van der Waals surface area (Å²) in [6, 6.07) is 5.95. The van der Waals surface area contributed by atoms with Crippen molar-refractivity contribution in [1.29, 1.82) is 0 Å². The van der Waals surface area contributed by atoms with E-state index in [2.05, 4.69) is 10.6 Å². The van der Waals surface area contributed by atoms with E-state index in [4.69, 9.17) is 17.0 Å². The average Bonchev–Trinajstić information content (AvgIpc) is 3.00. The van der Waals surface area contributed by atoms with E-state index in [1.54, 1.807) is 11.8 Å². The molecule has 0 aliphatic heterocycles. The lowest BCUT2D eigenvalue weighted by Gasteiger charge is -2.18. The van der Waals surface area contributed by atoms with Crippen LogP contribution >= 0.6 is 23.6 Å². The summed E-state index contributed by atoms with van der Waals surface area (Å²) in [5, 5.41) is 7.02. The summed E-state index contributed by atoms with van der Waals surface area (Å²) >= 11 is 6.64. The Morgan fingerprint density at radius 1 is 1.10 bits per heavy atom. The normalized spacial score (nSPS) is 10.4. The SMILES string of the molecule is CCN(CC)C(=O)c1sc(NC(=S)Nc2ccc(C)c(C)c2)c(C(=O)OC)c1C. The molecule has 1 aromatic heterocycles. The first-order valence-electron chi connectivity index (χ1n) is 9.39. The standard InChI is InChI=1S/C21H27N3O3S2/c1-7-24(8-2)19(25)17-14(5)16(20(26)27-6)18(29-17)23-21(28)22-15-10-9-12(3)13(4)11-15/h9-11H,7-8H2,1-6H3,(H2,22,23,28). The van der Waals surface area contributed by atoms with Crippen LogP contribution in [-0.2, 0) is 4.74 Å². The van der Waals surface area contributed by atoms with Crippen LogP contribution in [0, 0.1) is 20.8 Å². The molecule has 8 heteroatoms. The number of nitrogens with zero attached hydrogens (tertiary/aromatic N) is 1. The Kier molecular flexibility index (Phi) is 7.75.